The van der Waals surface area contributed by atoms with Gasteiger partial charge in [-0.05, 0) is 37.9 Å². The standard InChI is InChI=1S/C16H23N3/c1-4-9-17-10-16-11-18-19(14(16)3)12-15-8-6-5-7-13(15)2/h5-8,11,17H,4,9-10,12H2,1-3H3. The molecule has 1 aromatic heterocycles. The van der Waals surface area contributed by atoms with E-state index in [2.05, 4.69) is 60.1 Å². The van der Waals surface area contributed by atoms with Crippen LogP contribution in [0.5, 0.6) is 0 Å². The van der Waals surface area contributed by atoms with Crippen molar-refractivity contribution in [3.05, 3.63) is 52.8 Å². The van der Waals surface area contributed by atoms with Gasteiger partial charge in [-0.3, -0.25) is 4.68 Å². The molecule has 19 heavy (non-hydrogen) atoms. The van der Waals surface area contributed by atoms with E-state index in [-0.39, 0.29) is 0 Å². The highest BCUT2D eigenvalue weighted by Gasteiger charge is 2.07. The van der Waals surface area contributed by atoms with E-state index in [0.29, 0.717) is 0 Å². The number of nitrogens with one attached hydrogen (secondary N) is 1. The Hall–Kier alpha value is -1.61. The molecule has 0 spiro atoms. The number of hydrogen-bond acceptors (Lipinski definition) is 2. The molecule has 0 saturated carbocycles. The summed E-state index contributed by atoms with van der Waals surface area (Å²) < 4.78 is 2.09. The third kappa shape index (κ3) is 3.44. The fourth-order valence-electron chi connectivity index (χ4n) is 2.17. The van der Waals surface area contributed by atoms with Gasteiger partial charge >= 0.3 is 0 Å². The van der Waals surface area contributed by atoms with Crippen LogP contribution >= 0.6 is 0 Å². The molecule has 0 aliphatic heterocycles. The second-order valence-electron chi connectivity index (χ2n) is 5.02. The molecule has 0 aliphatic carbocycles. The van der Waals surface area contributed by atoms with Crippen LogP contribution in [-0.2, 0) is 13.1 Å². The molecule has 3 heteroatoms. The Bertz CT molecular complexity index is 529. The minimum atomic E-state index is 0.853. The minimum absolute atomic E-state index is 0.853. The van der Waals surface area contributed by atoms with E-state index in [1.807, 2.05) is 6.20 Å². The zero-order valence-corrected chi connectivity index (χ0v) is 12.1. The van der Waals surface area contributed by atoms with Crippen molar-refractivity contribution >= 4 is 0 Å². The maximum atomic E-state index is 4.51. The first-order valence-electron chi connectivity index (χ1n) is 6.99. The molecule has 0 unspecified atom stereocenters. The van der Waals surface area contributed by atoms with Crippen molar-refractivity contribution in [2.24, 2.45) is 0 Å². The minimum Gasteiger partial charge on any atom is -0.313 e. The van der Waals surface area contributed by atoms with Crippen LogP contribution in [0.1, 0.15) is 35.7 Å². The lowest BCUT2D eigenvalue weighted by Crippen LogP contribution is -2.14. The topological polar surface area (TPSA) is 29.9 Å². The van der Waals surface area contributed by atoms with Crippen LogP contribution in [0.3, 0.4) is 0 Å². The molecule has 0 aliphatic rings. The van der Waals surface area contributed by atoms with E-state index < -0.39 is 0 Å². The van der Waals surface area contributed by atoms with Gasteiger partial charge in [-0.2, -0.15) is 5.10 Å². The fourth-order valence-corrected chi connectivity index (χ4v) is 2.17. The molecular weight excluding hydrogens is 234 g/mol. The van der Waals surface area contributed by atoms with Gasteiger partial charge in [0.15, 0.2) is 0 Å². The number of rotatable bonds is 6. The van der Waals surface area contributed by atoms with Crippen molar-refractivity contribution in [3.63, 3.8) is 0 Å². The Balaban J connectivity index is 2.07. The van der Waals surface area contributed by atoms with Gasteiger partial charge < -0.3 is 5.32 Å². The van der Waals surface area contributed by atoms with Gasteiger partial charge in [0.2, 0.25) is 0 Å². The van der Waals surface area contributed by atoms with Crippen molar-refractivity contribution < 1.29 is 0 Å². The number of aromatic nitrogens is 2. The second kappa shape index (κ2) is 6.53. The molecule has 2 aromatic rings. The summed E-state index contributed by atoms with van der Waals surface area (Å²) in [6.45, 7) is 9.30. The summed E-state index contributed by atoms with van der Waals surface area (Å²) in [4.78, 5) is 0. The van der Waals surface area contributed by atoms with Gasteiger partial charge in [0, 0.05) is 17.8 Å². The molecule has 3 nitrogen and oxygen atoms in total. The molecule has 0 saturated heterocycles. The van der Waals surface area contributed by atoms with Crippen molar-refractivity contribution in [1.29, 1.82) is 0 Å². The molecule has 0 radical (unpaired) electrons. The molecular formula is C16H23N3. The van der Waals surface area contributed by atoms with Gasteiger partial charge in [0.25, 0.3) is 0 Å². The largest absolute Gasteiger partial charge is 0.313 e. The smallest absolute Gasteiger partial charge is 0.0665 e. The van der Waals surface area contributed by atoms with Crippen molar-refractivity contribution in [1.82, 2.24) is 15.1 Å². The highest BCUT2D eigenvalue weighted by Crippen LogP contribution is 2.12. The lowest BCUT2D eigenvalue weighted by Gasteiger charge is -2.08. The van der Waals surface area contributed by atoms with Crippen molar-refractivity contribution in [3.8, 4) is 0 Å². The van der Waals surface area contributed by atoms with Crippen LogP contribution in [-0.4, -0.2) is 16.3 Å². The summed E-state index contributed by atoms with van der Waals surface area (Å²) in [5.74, 6) is 0. The van der Waals surface area contributed by atoms with Crippen molar-refractivity contribution in [2.45, 2.75) is 40.3 Å². The maximum Gasteiger partial charge on any atom is 0.0665 e. The lowest BCUT2D eigenvalue weighted by molar-refractivity contribution is 0.650. The predicted octanol–water partition coefficient (Wildman–Crippen LogP) is 3.05. The number of nitrogens with zero attached hydrogens (tertiary/aromatic N) is 2. The van der Waals surface area contributed by atoms with Crippen LogP contribution in [0.2, 0.25) is 0 Å². The molecule has 2 rings (SSSR count). The third-order valence-corrected chi connectivity index (χ3v) is 3.53. The number of benzene rings is 1. The van der Waals surface area contributed by atoms with Crippen LogP contribution in [0, 0.1) is 13.8 Å². The molecule has 0 bridgehead atoms. The molecule has 1 N–H and O–H groups in total. The Morgan fingerprint density at radius 1 is 1.16 bits per heavy atom. The monoisotopic (exact) mass is 257 g/mol. The fraction of sp³-hybridized carbons (Fsp3) is 0.438. The van der Waals surface area contributed by atoms with E-state index >= 15 is 0 Å². The zero-order valence-electron chi connectivity index (χ0n) is 12.1. The average Bonchev–Trinajstić information content (AvgIpc) is 2.75. The van der Waals surface area contributed by atoms with Gasteiger partial charge in [-0.15, -0.1) is 0 Å². The van der Waals surface area contributed by atoms with Crippen LogP contribution in [0.15, 0.2) is 30.5 Å². The first kappa shape index (κ1) is 13.8. The molecule has 0 fully saturated rings. The van der Waals surface area contributed by atoms with E-state index in [0.717, 1.165) is 26.1 Å². The first-order valence-corrected chi connectivity index (χ1v) is 6.99. The Labute approximate surface area is 115 Å². The summed E-state index contributed by atoms with van der Waals surface area (Å²) in [7, 11) is 0. The summed E-state index contributed by atoms with van der Waals surface area (Å²) in [6.07, 6.45) is 3.15. The van der Waals surface area contributed by atoms with Crippen molar-refractivity contribution in [2.75, 3.05) is 6.54 Å². The SMILES string of the molecule is CCCNCc1cnn(Cc2ccccc2C)c1C. The summed E-state index contributed by atoms with van der Waals surface area (Å²) >= 11 is 0. The molecule has 0 amide bonds. The normalized spacial score (nSPS) is 10.9. The van der Waals surface area contributed by atoms with Crippen LogP contribution in [0.4, 0.5) is 0 Å². The molecule has 102 valence electrons. The summed E-state index contributed by atoms with van der Waals surface area (Å²) in [6, 6.07) is 8.49. The Morgan fingerprint density at radius 3 is 2.68 bits per heavy atom. The van der Waals surface area contributed by atoms with Gasteiger partial charge in [0.1, 0.15) is 0 Å². The number of hydrogen-bond donors (Lipinski definition) is 1. The summed E-state index contributed by atoms with van der Waals surface area (Å²) in [5, 5.41) is 7.93. The van der Waals surface area contributed by atoms with E-state index in [1.165, 1.54) is 22.4 Å². The number of aryl methyl sites for hydroxylation is 1. The average molecular weight is 257 g/mol. The maximum absolute atomic E-state index is 4.51. The molecule has 0 atom stereocenters. The highest BCUT2D eigenvalue weighted by atomic mass is 15.3. The van der Waals surface area contributed by atoms with Gasteiger partial charge in [0.05, 0.1) is 12.7 Å². The first-order chi connectivity index (χ1) is 9.22. The summed E-state index contributed by atoms with van der Waals surface area (Å²) in [5.41, 5.74) is 5.21. The third-order valence-electron chi connectivity index (χ3n) is 3.53. The lowest BCUT2D eigenvalue weighted by atomic mass is 10.1. The van der Waals surface area contributed by atoms with Gasteiger partial charge in [-0.25, -0.2) is 0 Å². The molecule has 1 aromatic carbocycles. The van der Waals surface area contributed by atoms with Crippen LogP contribution in [0.25, 0.3) is 0 Å². The zero-order chi connectivity index (χ0) is 13.7. The van der Waals surface area contributed by atoms with Crippen LogP contribution < -0.4 is 5.32 Å². The highest BCUT2D eigenvalue weighted by molar-refractivity contribution is 5.26. The Morgan fingerprint density at radius 2 is 1.95 bits per heavy atom. The quantitative estimate of drug-likeness (QED) is 0.806. The van der Waals surface area contributed by atoms with E-state index in [4.69, 9.17) is 0 Å². The molecule has 1 heterocycles. The van der Waals surface area contributed by atoms with E-state index in [9.17, 15) is 0 Å². The predicted molar refractivity (Wildman–Crippen MR) is 79.2 cm³/mol. The van der Waals surface area contributed by atoms with Gasteiger partial charge in [-0.1, -0.05) is 31.2 Å². The Kier molecular flexibility index (Phi) is 4.74. The van der Waals surface area contributed by atoms with E-state index in [1.54, 1.807) is 0 Å². The second-order valence-corrected chi connectivity index (χ2v) is 5.02.